The molecule has 1 aliphatic rings. The predicted octanol–water partition coefficient (Wildman–Crippen LogP) is 3.95. The van der Waals surface area contributed by atoms with Gasteiger partial charge < -0.3 is 0 Å². The maximum Gasteiger partial charge on any atom is 0.163 e. The Kier molecular flexibility index (Phi) is 4.95. The molecule has 1 saturated carbocycles. The van der Waals surface area contributed by atoms with Crippen molar-refractivity contribution in [3.63, 3.8) is 0 Å². The van der Waals surface area contributed by atoms with E-state index in [9.17, 15) is 8.78 Å². The SMILES string of the molecule is Fc1cccc(CN(CCCl)C2CCCC2)c1F. The van der Waals surface area contributed by atoms with Crippen LogP contribution in [-0.2, 0) is 6.54 Å². The molecule has 4 heteroatoms. The number of rotatable bonds is 5. The highest BCUT2D eigenvalue weighted by Gasteiger charge is 2.23. The number of nitrogens with zero attached hydrogens (tertiary/aromatic N) is 1. The smallest absolute Gasteiger partial charge is 0.163 e. The standard InChI is InChI=1S/C14H18ClF2N/c15-8-9-18(12-5-1-2-6-12)10-11-4-3-7-13(16)14(11)17/h3-4,7,12H,1-2,5-6,8-10H2. The first-order valence-corrected chi connectivity index (χ1v) is 6.98. The fraction of sp³-hybridized carbons (Fsp3) is 0.571. The molecule has 0 atom stereocenters. The Balaban J connectivity index is 2.10. The molecular weight excluding hydrogens is 256 g/mol. The minimum absolute atomic E-state index is 0.423. The Labute approximate surface area is 112 Å². The Bertz CT molecular complexity index is 391. The molecule has 0 bridgehead atoms. The number of halogens is 3. The lowest BCUT2D eigenvalue weighted by molar-refractivity contribution is 0.198. The normalized spacial score (nSPS) is 16.7. The second kappa shape index (κ2) is 6.48. The summed E-state index contributed by atoms with van der Waals surface area (Å²) < 4.78 is 26.8. The molecule has 0 saturated heterocycles. The quantitative estimate of drug-likeness (QED) is 0.735. The Hall–Kier alpha value is -0.670. The van der Waals surface area contributed by atoms with E-state index >= 15 is 0 Å². The maximum atomic E-state index is 13.7. The molecule has 2 rings (SSSR count). The summed E-state index contributed by atoms with van der Waals surface area (Å²) in [6.45, 7) is 1.17. The molecule has 1 fully saturated rings. The van der Waals surface area contributed by atoms with Gasteiger partial charge in [0.05, 0.1) is 0 Å². The molecule has 0 N–H and O–H groups in total. The molecule has 0 aliphatic heterocycles. The highest BCUT2D eigenvalue weighted by atomic mass is 35.5. The zero-order valence-electron chi connectivity index (χ0n) is 10.3. The van der Waals surface area contributed by atoms with E-state index in [1.54, 1.807) is 12.1 Å². The maximum absolute atomic E-state index is 13.7. The van der Waals surface area contributed by atoms with E-state index in [2.05, 4.69) is 4.90 Å². The topological polar surface area (TPSA) is 3.24 Å². The second-order valence-electron chi connectivity index (χ2n) is 4.81. The molecule has 1 aliphatic carbocycles. The first-order valence-electron chi connectivity index (χ1n) is 6.45. The first-order chi connectivity index (χ1) is 8.72. The summed E-state index contributed by atoms with van der Waals surface area (Å²) in [4.78, 5) is 2.18. The zero-order valence-corrected chi connectivity index (χ0v) is 11.1. The number of benzene rings is 1. The van der Waals surface area contributed by atoms with Crippen molar-refractivity contribution in [3.05, 3.63) is 35.4 Å². The van der Waals surface area contributed by atoms with Crippen molar-refractivity contribution in [1.82, 2.24) is 4.90 Å². The summed E-state index contributed by atoms with van der Waals surface area (Å²) in [7, 11) is 0. The van der Waals surface area contributed by atoms with Crippen molar-refractivity contribution in [1.29, 1.82) is 0 Å². The summed E-state index contributed by atoms with van der Waals surface area (Å²) in [5.41, 5.74) is 0.423. The van der Waals surface area contributed by atoms with Gasteiger partial charge in [-0.05, 0) is 18.9 Å². The molecule has 18 heavy (non-hydrogen) atoms. The third-order valence-corrected chi connectivity index (χ3v) is 3.79. The number of hydrogen-bond acceptors (Lipinski definition) is 1. The van der Waals surface area contributed by atoms with E-state index in [1.165, 1.54) is 12.8 Å². The highest BCUT2D eigenvalue weighted by molar-refractivity contribution is 6.18. The van der Waals surface area contributed by atoms with Crippen LogP contribution in [-0.4, -0.2) is 23.4 Å². The predicted molar refractivity (Wildman–Crippen MR) is 69.7 cm³/mol. The van der Waals surface area contributed by atoms with Crippen LogP contribution < -0.4 is 0 Å². The fourth-order valence-corrected chi connectivity index (χ4v) is 2.88. The van der Waals surface area contributed by atoms with E-state index in [-0.39, 0.29) is 0 Å². The zero-order chi connectivity index (χ0) is 13.0. The first kappa shape index (κ1) is 13.8. The van der Waals surface area contributed by atoms with Crippen molar-refractivity contribution in [2.45, 2.75) is 38.3 Å². The van der Waals surface area contributed by atoms with Crippen LogP contribution in [0.15, 0.2) is 18.2 Å². The van der Waals surface area contributed by atoms with E-state index in [0.29, 0.717) is 24.0 Å². The molecule has 0 heterocycles. The van der Waals surface area contributed by atoms with Crippen LogP contribution in [0.1, 0.15) is 31.2 Å². The van der Waals surface area contributed by atoms with Gasteiger partial charge in [-0.1, -0.05) is 25.0 Å². The van der Waals surface area contributed by atoms with E-state index in [4.69, 9.17) is 11.6 Å². The summed E-state index contributed by atoms with van der Waals surface area (Å²) in [5.74, 6) is -0.979. The Morgan fingerprint density at radius 3 is 2.61 bits per heavy atom. The van der Waals surface area contributed by atoms with Crippen LogP contribution in [0.25, 0.3) is 0 Å². The average molecular weight is 274 g/mol. The van der Waals surface area contributed by atoms with Crippen LogP contribution in [0.5, 0.6) is 0 Å². The minimum atomic E-state index is -0.773. The summed E-state index contributed by atoms with van der Waals surface area (Å²) in [6, 6.07) is 4.82. The number of hydrogen-bond donors (Lipinski definition) is 0. The van der Waals surface area contributed by atoms with Gasteiger partial charge in [0.15, 0.2) is 11.6 Å². The Morgan fingerprint density at radius 1 is 1.22 bits per heavy atom. The molecule has 0 radical (unpaired) electrons. The van der Waals surface area contributed by atoms with Gasteiger partial charge >= 0.3 is 0 Å². The lowest BCUT2D eigenvalue weighted by Crippen LogP contribution is -2.34. The molecular formula is C14H18ClF2N. The molecule has 0 aromatic heterocycles. The molecule has 0 amide bonds. The van der Waals surface area contributed by atoms with Gasteiger partial charge in [0.25, 0.3) is 0 Å². The van der Waals surface area contributed by atoms with Gasteiger partial charge in [0.2, 0.25) is 0 Å². The van der Waals surface area contributed by atoms with E-state index in [0.717, 1.165) is 25.5 Å². The number of alkyl halides is 1. The molecule has 1 aromatic carbocycles. The van der Waals surface area contributed by atoms with Gasteiger partial charge in [0, 0.05) is 30.6 Å². The largest absolute Gasteiger partial charge is 0.295 e. The lowest BCUT2D eigenvalue weighted by atomic mass is 10.1. The van der Waals surface area contributed by atoms with Gasteiger partial charge in [-0.15, -0.1) is 11.6 Å². The van der Waals surface area contributed by atoms with E-state index < -0.39 is 11.6 Å². The van der Waals surface area contributed by atoms with Gasteiger partial charge in [0.1, 0.15) is 0 Å². The van der Waals surface area contributed by atoms with Crippen molar-refractivity contribution in [3.8, 4) is 0 Å². The highest BCUT2D eigenvalue weighted by Crippen LogP contribution is 2.25. The third kappa shape index (κ3) is 3.21. The molecule has 1 nitrogen and oxygen atoms in total. The summed E-state index contributed by atoms with van der Waals surface area (Å²) in [5, 5.41) is 0. The van der Waals surface area contributed by atoms with Crippen LogP contribution in [0, 0.1) is 11.6 Å². The molecule has 0 unspecified atom stereocenters. The molecule has 1 aromatic rings. The van der Waals surface area contributed by atoms with Crippen molar-refractivity contribution in [2.75, 3.05) is 12.4 Å². The fourth-order valence-electron chi connectivity index (χ4n) is 2.66. The molecule has 100 valence electrons. The van der Waals surface area contributed by atoms with Gasteiger partial charge in [-0.3, -0.25) is 4.90 Å². The van der Waals surface area contributed by atoms with Crippen LogP contribution in [0.2, 0.25) is 0 Å². The summed E-state index contributed by atoms with van der Waals surface area (Å²) in [6.07, 6.45) is 4.70. The van der Waals surface area contributed by atoms with Crippen LogP contribution in [0.4, 0.5) is 8.78 Å². The average Bonchev–Trinajstić information content (AvgIpc) is 2.88. The van der Waals surface area contributed by atoms with Crippen LogP contribution >= 0.6 is 11.6 Å². The van der Waals surface area contributed by atoms with Gasteiger partial charge in [-0.2, -0.15) is 0 Å². The second-order valence-corrected chi connectivity index (χ2v) is 5.19. The lowest BCUT2D eigenvalue weighted by Gasteiger charge is -2.28. The summed E-state index contributed by atoms with van der Waals surface area (Å²) >= 11 is 5.80. The van der Waals surface area contributed by atoms with Gasteiger partial charge in [-0.25, -0.2) is 8.78 Å². The van der Waals surface area contributed by atoms with E-state index in [1.807, 2.05) is 0 Å². The third-order valence-electron chi connectivity index (χ3n) is 3.62. The molecule has 0 spiro atoms. The van der Waals surface area contributed by atoms with Crippen molar-refractivity contribution < 1.29 is 8.78 Å². The van der Waals surface area contributed by atoms with Crippen molar-refractivity contribution >= 4 is 11.6 Å². The van der Waals surface area contributed by atoms with Crippen LogP contribution in [0.3, 0.4) is 0 Å². The Morgan fingerprint density at radius 2 is 1.94 bits per heavy atom. The minimum Gasteiger partial charge on any atom is -0.295 e. The monoisotopic (exact) mass is 273 g/mol. The van der Waals surface area contributed by atoms with Crippen molar-refractivity contribution in [2.24, 2.45) is 0 Å².